The fraction of sp³-hybridized carbons (Fsp3) is 0.280. The van der Waals surface area contributed by atoms with Crippen LogP contribution in [0.15, 0.2) is 48.9 Å². The van der Waals surface area contributed by atoms with Gasteiger partial charge in [-0.1, -0.05) is 16.8 Å². The van der Waals surface area contributed by atoms with E-state index in [9.17, 15) is 28.2 Å². The Morgan fingerprint density at radius 3 is 2.68 bits per heavy atom. The topological polar surface area (TPSA) is 114 Å². The molecule has 0 radical (unpaired) electrons. The number of carbonyl (C=O) groups is 1. The van der Waals surface area contributed by atoms with Crippen LogP contribution in [0.1, 0.15) is 12.5 Å². The molecule has 1 aliphatic heterocycles. The van der Waals surface area contributed by atoms with Crippen LogP contribution in [0.25, 0.3) is 22.0 Å². The van der Waals surface area contributed by atoms with Crippen LogP contribution in [0, 0.1) is 17.5 Å². The van der Waals surface area contributed by atoms with Gasteiger partial charge in [0.1, 0.15) is 24.0 Å². The third-order valence-corrected chi connectivity index (χ3v) is 6.76. The summed E-state index contributed by atoms with van der Waals surface area (Å²) in [6.45, 7) is -0.590. The summed E-state index contributed by atoms with van der Waals surface area (Å²) in [4.78, 5) is 19.0. The Labute approximate surface area is 219 Å². The molecule has 0 aliphatic carbocycles. The van der Waals surface area contributed by atoms with Gasteiger partial charge in [0.25, 0.3) is 5.91 Å². The number of pyridine rings is 1. The van der Waals surface area contributed by atoms with Crippen molar-refractivity contribution >= 4 is 34.0 Å². The molecule has 0 bridgehead atoms. The van der Waals surface area contributed by atoms with Gasteiger partial charge >= 0.3 is 0 Å². The fourth-order valence-corrected chi connectivity index (χ4v) is 4.79. The van der Waals surface area contributed by atoms with Gasteiger partial charge in [-0.15, -0.1) is 5.10 Å². The number of hydrogen-bond acceptors (Lipinski definition) is 7. The van der Waals surface area contributed by atoms with Crippen molar-refractivity contribution in [1.29, 1.82) is 0 Å². The van der Waals surface area contributed by atoms with Crippen molar-refractivity contribution in [2.24, 2.45) is 0 Å². The second-order valence-electron chi connectivity index (χ2n) is 8.90. The van der Waals surface area contributed by atoms with Crippen LogP contribution in [-0.2, 0) is 9.53 Å². The van der Waals surface area contributed by atoms with E-state index in [0.29, 0.717) is 10.7 Å². The third kappa shape index (κ3) is 4.71. The second-order valence-corrected chi connectivity index (χ2v) is 9.33. The minimum absolute atomic E-state index is 0.0149. The number of carbonyl (C=O) groups excluding carboxylic acids is 1. The lowest BCUT2D eigenvalue weighted by Crippen LogP contribution is -2.52. The minimum atomic E-state index is -1.61. The van der Waals surface area contributed by atoms with Crippen molar-refractivity contribution in [3.05, 3.63) is 71.4 Å². The standard InChI is InChI=1S/C25H21ClF3N5O4/c1-33(19-7-14(26)4-13-9-30-3-2-15(13)19)25(37)21-8-20(24(36)22(11-35)38-21)34-10-18(31-32-34)12-5-16(27)23(29)17(28)6-12/h2-7,9-10,20-22,24,35-36H,8,11H2,1H3/t20-,21-,22-,24-/m1/s1. The summed E-state index contributed by atoms with van der Waals surface area (Å²) in [5.41, 5.74) is 0.457. The summed E-state index contributed by atoms with van der Waals surface area (Å²) in [6.07, 6.45) is 0.932. The number of benzene rings is 2. The summed E-state index contributed by atoms with van der Waals surface area (Å²) in [6, 6.07) is 5.75. The van der Waals surface area contributed by atoms with Gasteiger partial charge in [0.15, 0.2) is 17.5 Å². The van der Waals surface area contributed by atoms with Crippen LogP contribution in [0.2, 0.25) is 5.02 Å². The number of aromatic nitrogens is 4. The highest BCUT2D eigenvalue weighted by atomic mass is 35.5. The predicted molar refractivity (Wildman–Crippen MR) is 131 cm³/mol. The third-order valence-electron chi connectivity index (χ3n) is 6.54. The zero-order valence-electron chi connectivity index (χ0n) is 19.8. The van der Waals surface area contributed by atoms with E-state index in [0.717, 1.165) is 22.9 Å². The van der Waals surface area contributed by atoms with Gasteiger partial charge in [-0.2, -0.15) is 0 Å². The maximum Gasteiger partial charge on any atom is 0.255 e. The number of anilines is 1. The largest absolute Gasteiger partial charge is 0.394 e. The Balaban J connectivity index is 1.44. The van der Waals surface area contributed by atoms with E-state index in [1.165, 1.54) is 15.8 Å². The van der Waals surface area contributed by atoms with Crippen molar-refractivity contribution < 1.29 is 32.9 Å². The van der Waals surface area contributed by atoms with Crippen LogP contribution in [0.4, 0.5) is 18.9 Å². The number of ether oxygens (including phenoxy) is 1. The van der Waals surface area contributed by atoms with Crippen LogP contribution < -0.4 is 4.90 Å². The molecular formula is C25H21ClF3N5O4. The van der Waals surface area contributed by atoms with Crippen LogP contribution in [0.5, 0.6) is 0 Å². The molecule has 3 heterocycles. The number of hydrogen-bond donors (Lipinski definition) is 2. The molecule has 4 aromatic rings. The van der Waals surface area contributed by atoms with E-state index >= 15 is 0 Å². The number of halogens is 4. The molecule has 2 aromatic carbocycles. The van der Waals surface area contributed by atoms with Crippen LogP contribution in [0.3, 0.4) is 0 Å². The van der Waals surface area contributed by atoms with Crippen molar-refractivity contribution in [3.8, 4) is 11.3 Å². The molecule has 0 saturated carbocycles. The Kier molecular flexibility index (Phi) is 7.05. The Bertz CT molecular complexity index is 1500. The summed E-state index contributed by atoms with van der Waals surface area (Å²) in [5.74, 6) is -4.86. The fourth-order valence-electron chi connectivity index (χ4n) is 4.57. The lowest BCUT2D eigenvalue weighted by Gasteiger charge is -2.39. The zero-order valence-corrected chi connectivity index (χ0v) is 20.6. The molecule has 198 valence electrons. The van der Waals surface area contributed by atoms with E-state index in [4.69, 9.17) is 16.3 Å². The number of fused-ring (bicyclic) bond motifs is 1. The van der Waals surface area contributed by atoms with Gasteiger partial charge in [-0.25, -0.2) is 17.9 Å². The normalized spacial score (nSPS) is 21.6. The van der Waals surface area contributed by atoms with Crippen molar-refractivity contribution in [1.82, 2.24) is 20.0 Å². The van der Waals surface area contributed by atoms with Crippen molar-refractivity contribution in [3.63, 3.8) is 0 Å². The summed E-state index contributed by atoms with van der Waals surface area (Å²) >= 11 is 6.26. The summed E-state index contributed by atoms with van der Waals surface area (Å²) in [7, 11) is 1.55. The molecule has 0 unspecified atom stereocenters. The van der Waals surface area contributed by atoms with E-state index in [1.807, 2.05) is 0 Å². The van der Waals surface area contributed by atoms with Crippen LogP contribution >= 0.6 is 11.6 Å². The van der Waals surface area contributed by atoms with E-state index in [-0.39, 0.29) is 17.7 Å². The van der Waals surface area contributed by atoms with Gasteiger partial charge in [-0.3, -0.25) is 9.78 Å². The first-order valence-corrected chi connectivity index (χ1v) is 11.9. The first kappa shape index (κ1) is 26.0. The Hall–Kier alpha value is -3.58. The molecule has 2 N–H and O–H groups in total. The quantitative estimate of drug-likeness (QED) is 0.369. The van der Waals surface area contributed by atoms with Gasteiger partial charge in [0.2, 0.25) is 0 Å². The average molecular weight is 548 g/mol. The van der Waals surface area contributed by atoms with E-state index in [1.54, 1.807) is 37.6 Å². The Morgan fingerprint density at radius 2 is 1.97 bits per heavy atom. The van der Waals surface area contributed by atoms with Crippen LogP contribution in [-0.4, -0.2) is 68.1 Å². The maximum atomic E-state index is 13.7. The molecule has 2 aromatic heterocycles. The number of likely N-dealkylation sites (N-methyl/N-ethyl adjacent to an activating group) is 1. The molecule has 13 heteroatoms. The number of aliphatic hydroxyl groups is 2. The first-order chi connectivity index (χ1) is 18.2. The highest BCUT2D eigenvalue weighted by Gasteiger charge is 2.43. The lowest BCUT2D eigenvalue weighted by atomic mass is 9.94. The molecule has 5 rings (SSSR count). The number of rotatable bonds is 5. The smallest absolute Gasteiger partial charge is 0.255 e. The number of amides is 1. The Morgan fingerprint density at radius 1 is 1.24 bits per heavy atom. The van der Waals surface area contributed by atoms with E-state index in [2.05, 4.69) is 15.3 Å². The highest BCUT2D eigenvalue weighted by molar-refractivity contribution is 6.32. The summed E-state index contributed by atoms with van der Waals surface area (Å²) in [5, 5.41) is 30.3. The minimum Gasteiger partial charge on any atom is -0.394 e. The molecule has 1 saturated heterocycles. The van der Waals surface area contributed by atoms with Gasteiger partial charge < -0.3 is 19.8 Å². The van der Waals surface area contributed by atoms with Gasteiger partial charge in [-0.05, 0) is 30.3 Å². The van der Waals surface area contributed by atoms with Crippen molar-refractivity contribution in [2.75, 3.05) is 18.6 Å². The second kappa shape index (κ2) is 10.3. The predicted octanol–water partition coefficient (Wildman–Crippen LogP) is 3.28. The monoisotopic (exact) mass is 547 g/mol. The highest BCUT2D eigenvalue weighted by Crippen LogP contribution is 2.34. The first-order valence-electron chi connectivity index (χ1n) is 11.5. The molecule has 1 amide bonds. The average Bonchev–Trinajstić information content (AvgIpc) is 3.40. The molecule has 0 spiro atoms. The van der Waals surface area contributed by atoms with E-state index < -0.39 is 54.3 Å². The zero-order chi connectivity index (χ0) is 27.1. The number of nitrogens with zero attached hydrogens (tertiary/aromatic N) is 5. The molecule has 9 nitrogen and oxygen atoms in total. The summed E-state index contributed by atoms with van der Waals surface area (Å²) < 4.78 is 47.8. The molecule has 38 heavy (non-hydrogen) atoms. The lowest BCUT2D eigenvalue weighted by molar-refractivity contribution is -0.169. The van der Waals surface area contributed by atoms with Crippen molar-refractivity contribution in [2.45, 2.75) is 30.8 Å². The maximum absolute atomic E-state index is 13.7. The molecule has 1 aliphatic rings. The van der Waals surface area contributed by atoms with Gasteiger partial charge in [0, 0.05) is 47.2 Å². The molecule has 1 fully saturated rings. The molecular weight excluding hydrogens is 527 g/mol. The number of aliphatic hydroxyl groups excluding tert-OH is 2. The SMILES string of the molecule is CN(C(=O)[C@H]1C[C@@H](n2cc(-c3cc(F)c(F)c(F)c3)nn2)[C@@H](O)[C@@H](CO)O1)c1cc(Cl)cc2cnccc12. The van der Waals surface area contributed by atoms with Gasteiger partial charge in [0.05, 0.1) is 24.5 Å². The molecule has 4 atom stereocenters.